The van der Waals surface area contributed by atoms with Crippen LogP contribution in [0.25, 0.3) is 0 Å². The fourth-order valence-corrected chi connectivity index (χ4v) is 1.06. The van der Waals surface area contributed by atoms with Crippen LogP contribution in [0.1, 0.15) is 5.56 Å². The molecular formula is C10H15NO2. The van der Waals surface area contributed by atoms with Gasteiger partial charge in [0.1, 0.15) is 0 Å². The maximum Gasteiger partial charge on any atom is 0.0942 e. The molecule has 3 N–H and O–H groups in total. The normalized spacial score (nSPS) is 12.5. The van der Waals surface area contributed by atoms with Crippen LogP contribution in [-0.2, 0) is 0 Å². The Hall–Kier alpha value is -1.06. The third kappa shape index (κ3) is 3.44. The first-order chi connectivity index (χ1) is 6.22. The summed E-state index contributed by atoms with van der Waals surface area (Å²) in [6.45, 7) is 2.17. The molecule has 0 saturated heterocycles. The lowest BCUT2D eigenvalue weighted by Gasteiger charge is -2.10. The van der Waals surface area contributed by atoms with Crippen molar-refractivity contribution in [3.63, 3.8) is 0 Å². The molecular weight excluding hydrogens is 166 g/mol. The lowest BCUT2D eigenvalue weighted by atomic mass is 10.2. The first-order valence-electron chi connectivity index (χ1n) is 4.32. The first kappa shape index (κ1) is 10.0. The van der Waals surface area contributed by atoms with Crippen LogP contribution in [-0.4, -0.2) is 29.5 Å². The van der Waals surface area contributed by atoms with Gasteiger partial charge in [0.2, 0.25) is 0 Å². The Balaban J connectivity index is 2.45. The van der Waals surface area contributed by atoms with E-state index in [-0.39, 0.29) is 6.61 Å². The molecule has 0 saturated carbocycles. The maximum atomic E-state index is 9.08. The SMILES string of the molecule is Cc1cccc(NCC(O)CO)c1. The molecule has 0 aliphatic rings. The topological polar surface area (TPSA) is 52.5 Å². The van der Waals surface area contributed by atoms with E-state index in [0.717, 1.165) is 5.69 Å². The predicted octanol–water partition coefficient (Wildman–Crippen LogP) is 0.760. The molecule has 1 atom stereocenters. The van der Waals surface area contributed by atoms with Gasteiger partial charge in [-0.15, -0.1) is 0 Å². The van der Waals surface area contributed by atoms with Crippen molar-refractivity contribution in [1.82, 2.24) is 0 Å². The molecule has 0 bridgehead atoms. The standard InChI is InChI=1S/C10H15NO2/c1-8-3-2-4-9(5-8)11-6-10(13)7-12/h2-5,10-13H,6-7H2,1H3. The summed E-state index contributed by atoms with van der Waals surface area (Å²) in [6, 6.07) is 7.87. The highest BCUT2D eigenvalue weighted by molar-refractivity contribution is 5.45. The highest BCUT2D eigenvalue weighted by Crippen LogP contribution is 2.08. The summed E-state index contributed by atoms with van der Waals surface area (Å²) in [5.74, 6) is 0. The Kier molecular flexibility index (Phi) is 3.73. The molecule has 1 aromatic carbocycles. The molecule has 1 aromatic rings. The number of benzene rings is 1. The maximum absolute atomic E-state index is 9.08. The van der Waals surface area contributed by atoms with E-state index in [2.05, 4.69) is 5.32 Å². The third-order valence-corrected chi connectivity index (χ3v) is 1.77. The van der Waals surface area contributed by atoms with Gasteiger partial charge in [-0.3, -0.25) is 0 Å². The predicted molar refractivity (Wildman–Crippen MR) is 52.8 cm³/mol. The first-order valence-corrected chi connectivity index (χ1v) is 4.32. The van der Waals surface area contributed by atoms with Crippen LogP contribution in [0.3, 0.4) is 0 Å². The van der Waals surface area contributed by atoms with Gasteiger partial charge < -0.3 is 15.5 Å². The van der Waals surface area contributed by atoms with Gasteiger partial charge in [-0.05, 0) is 24.6 Å². The second kappa shape index (κ2) is 4.84. The summed E-state index contributed by atoms with van der Waals surface area (Å²) < 4.78 is 0. The number of nitrogens with one attached hydrogen (secondary N) is 1. The van der Waals surface area contributed by atoms with Crippen molar-refractivity contribution < 1.29 is 10.2 Å². The van der Waals surface area contributed by atoms with Gasteiger partial charge in [-0.25, -0.2) is 0 Å². The van der Waals surface area contributed by atoms with Crippen LogP contribution in [0.5, 0.6) is 0 Å². The Morgan fingerprint density at radius 3 is 2.85 bits per heavy atom. The number of aliphatic hydroxyl groups excluding tert-OH is 2. The van der Waals surface area contributed by atoms with Gasteiger partial charge in [0.25, 0.3) is 0 Å². The average Bonchev–Trinajstić information content (AvgIpc) is 2.14. The van der Waals surface area contributed by atoms with Crippen molar-refractivity contribution in [3.8, 4) is 0 Å². The highest BCUT2D eigenvalue weighted by Gasteiger charge is 2.00. The molecule has 0 amide bonds. The van der Waals surface area contributed by atoms with Crippen LogP contribution >= 0.6 is 0 Å². The fourth-order valence-electron chi connectivity index (χ4n) is 1.06. The highest BCUT2D eigenvalue weighted by atomic mass is 16.3. The number of hydrogen-bond donors (Lipinski definition) is 3. The van der Waals surface area contributed by atoms with E-state index in [1.165, 1.54) is 5.56 Å². The Morgan fingerprint density at radius 2 is 2.23 bits per heavy atom. The lowest BCUT2D eigenvalue weighted by Crippen LogP contribution is -2.22. The zero-order valence-electron chi connectivity index (χ0n) is 7.70. The summed E-state index contributed by atoms with van der Waals surface area (Å²) >= 11 is 0. The number of rotatable bonds is 4. The third-order valence-electron chi connectivity index (χ3n) is 1.77. The summed E-state index contributed by atoms with van der Waals surface area (Å²) in [6.07, 6.45) is -0.694. The number of hydrogen-bond acceptors (Lipinski definition) is 3. The van der Waals surface area contributed by atoms with E-state index in [1.807, 2.05) is 31.2 Å². The summed E-state index contributed by atoms with van der Waals surface area (Å²) in [5, 5.41) is 20.7. The van der Waals surface area contributed by atoms with Gasteiger partial charge in [-0.2, -0.15) is 0 Å². The molecule has 0 radical (unpaired) electrons. The van der Waals surface area contributed by atoms with E-state index in [9.17, 15) is 0 Å². The quantitative estimate of drug-likeness (QED) is 0.642. The zero-order valence-corrected chi connectivity index (χ0v) is 7.70. The van der Waals surface area contributed by atoms with Crippen molar-refractivity contribution >= 4 is 5.69 Å². The molecule has 0 fully saturated rings. The van der Waals surface area contributed by atoms with Gasteiger partial charge in [0, 0.05) is 12.2 Å². The number of anilines is 1. The second-order valence-corrected chi connectivity index (χ2v) is 3.09. The van der Waals surface area contributed by atoms with Gasteiger partial charge in [-0.1, -0.05) is 12.1 Å². The molecule has 0 aliphatic carbocycles. The molecule has 1 rings (SSSR count). The molecule has 0 aliphatic heterocycles. The van der Waals surface area contributed by atoms with Crippen molar-refractivity contribution in [3.05, 3.63) is 29.8 Å². The molecule has 72 valence electrons. The van der Waals surface area contributed by atoms with E-state index in [0.29, 0.717) is 6.54 Å². The van der Waals surface area contributed by atoms with Crippen LogP contribution in [0, 0.1) is 6.92 Å². The molecule has 1 unspecified atom stereocenters. The molecule has 0 heterocycles. The van der Waals surface area contributed by atoms with E-state index >= 15 is 0 Å². The molecule has 3 heteroatoms. The summed E-state index contributed by atoms with van der Waals surface area (Å²) in [4.78, 5) is 0. The smallest absolute Gasteiger partial charge is 0.0942 e. The zero-order chi connectivity index (χ0) is 9.68. The Labute approximate surface area is 78.0 Å². The van der Waals surface area contributed by atoms with Crippen LogP contribution < -0.4 is 5.32 Å². The second-order valence-electron chi connectivity index (χ2n) is 3.09. The van der Waals surface area contributed by atoms with Crippen LogP contribution in [0.4, 0.5) is 5.69 Å². The average molecular weight is 181 g/mol. The Bertz CT molecular complexity index is 263. The van der Waals surface area contributed by atoms with Crippen molar-refractivity contribution in [2.45, 2.75) is 13.0 Å². The van der Waals surface area contributed by atoms with Crippen LogP contribution in [0.2, 0.25) is 0 Å². The van der Waals surface area contributed by atoms with Crippen molar-refractivity contribution in [2.24, 2.45) is 0 Å². The monoisotopic (exact) mass is 181 g/mol. The van der Waals surface area contributed by atoms with Gasteiger partial charge in [0.05, 0.1) is 12.7 Å². The minimum Gasteiger partial charge on any atom is -0.394 e. The van der Waals surface area contributed by atoms with E-state index < -0.39 is 6.10 Å². The minimum atomic E-state index is -0.694. The Morgan fingerprint density at radius 1 is 1.46 bits per heavy atom. The summed E-state index contributed by atoms with van der Waals surface area (Å²) in [7, 11) is 0. The fraction of sp³-hybridized carbons (Fsp3) is 0.400. The van der Waals surface area contributed by atoms with Crippen molar-refractivity contribution in [2.75, 3.05) is 18.5 Å². The molecule has 3 nitrogen and oxygen atoms in total. The number of aliphatic hydroxyl groups is 2. The van der Waals surface area contributed by atoms with E-state index in [1.54, 1.807) is 0 Å². The number of aryl methyl sites for hydroxylation is 1. The van der Waals surface area contributed by atoms with E-state index in [4.69, 9.17) is 10.2 Å². The minimum absolute atomic E-state index is 0.210. The molecule has 13 heavy (non-hydrogen) atoms. The summed E-state index contributed by atoms with van der Waals surface area (Å²) in [5.41, 5.74) is 2.14. The van der Waals surface area contributed by atoms with Crippen LogP contribution in [0.15, 0.2) is 24.3 Å². The lowest BCUT2D eigenvalue weighted by molar-refractivity contribution is 0.105. The molecule has 0 spiro atoms. The van der Waals surface area contributed by atoms with Gasteiger partial charge >= 0.3 is 0 Å². The largest absolute Gasteiger partial charge is 0.394 e. The van der Waals surface area contributed by atoms with Gasteiger partial charge in [0.15, 0.2) is 0 Å². The van der Waals surface area contributed by atoms with Crippen molar-refractivity contribution in [1.29, 1.82) is 0 Å². The molecule has 0 aromatic heterocycles.